The van der Waals surface area contributed by atoms with E-state index in [0.717, 1.165) is 23.6 Å². The molecular weight excluding hydrogens is 320 g/mol. The first-order valence-corrected chi connectivity index (χ1v) is 8.24. The highest BCUT2D eigenvalue weighted by Crippen LogP contribution is 2.18. The first kappa shape index (κ1) is 16.9. The quantitative estimate of drug-likeness (QED) is 0.808. The average molecular weight is 342 g/mol. The fourth-order valence-electron chi connectivity index (χ4n) is 2.58. The molecule has 132 valence electrons. The van der Waals surface area contributed by atoms with E-state index >= 15 is 0 Å². The molecule has 2 N–H and O–H groups in total. The van der Waals surface area contributed by atoms with Crippen LogP contribution in [-0.2, 0) is 11.4 Å². The highest BCUT2D eigenvalue weighted by molar-refractivity contribution is 6.01. The van der Waals surface area contributed by atoms with Crippen LogP contribution in [0.3, 0.4) is 0 Å². The van der Waals surface area contributed by atoms with Gasteiger partial charge in [-0.2, -0.15) is 0 Å². The van der Waals surface area contributed by atoms with Gasteiger partial charge in [0.1, 0.15) is 5.75 Å². The maximum atomic E-state index is 11.8. The summed E-state index contributed by atoms with van der Waals surface area (Å²) in [5.41, 5.74) is 1.88. The van der Waals surface area contributed by atoms with E-state index in [-0.39, 0.29) is 12.1 Å². The van der Waals surface area contributed by atoms with E-state index in [1.54, 1.807) is 7.11 Å². The third-order valence-electron chi connectivity index (χ3n) is 3.97. The minimum absolute atomic E-state index is 0.146. The summed E-state index contributed by atoms with van der Waals surface area (Å²) in [7, 11) is 1.64. The Balaban J connectivity index is 1.36. The lowest BCUT2D eigenvalue weighted by atomic mass is 10.0. The molecule has 7 nitrogen and oxygen atoms in total. The predicted molar refractivity (Wildman–Crippen MR) is 94.9 cm³/mol. The molecule has 0 bridgehead atoms. The van der Waals surface area contributed by atoms with Gasteiger partial charge in [0, 0.05) is 31.9 Å². The van der Waals surface area contributed by atoms with Gasteiger partial charge in [-0.1, -0.05) is 5.16 Å². The van der Waals surface area contributed by atoms with E-state index in [9.17, 15) is 4.79 Å². The number of hydrogen-bond donors (Lipinski definition) is 2. The zero-order chi connectivity index (χ0) is 17.5. The van der Waals surface area contributed by atoms with Gasteiger partial charge in [0.2, 0.25) is 0 Å². The topological polar surface area (TPSA) is 76.9 Å². The third kappa shape index (κ3) is 4.76. The van der Waals surface area contributed by atoms with Gasteiger partial charge in [-0.3, -0.25) is 0 Å². The van der Waals surface area contributed by atoms with Crippen LogP contribution in [0.1, 0.15) is 12.0 Å². The average Bonchev–Trinajstić information content (AvgIpc) is 3.32. The number of benzene rings is 1. The van der Waals surface area contributed by atoms with Gasteiger partial charge in [0.15, 0.2) is 6.10 Å². The number of nitrogens with zero attached hydrogens (tertiary/aromatic N) is 2. The number of oxime groups is 1. The fourth-order valence-corrected chi connectivity index (χ4v) is 2.58. The van der Waals surface area contributed by atoms with Crippen molar-refractivity contribution in [2.75, 3.05) is 20.2 Å². The second-order valence-electron chi connectivity index (χ2n) is 5.76. The molecule has 1 aromatic heterocycles. The number of rotatable bonds is 7. The van der Waals surface area contributed by atoms with Crippen molar-refractivity contribution < 1.29 is 14.4 Å². The predicted octanol–water partition coefficient (Wildman–Crippen LogP) is 1.99. The van der Waals surface area contributed by atoms with E-state index in [2.05, 4.69) is 15.8 Å². The molecule has 0 fully saturated rings. The number of aromatic nitrogens is 1. The SMILES string of the molecule is COc1ccc(C2=NO[C@H](CNC(=O)NCCn3cccc3)C2)cc1. The normalized spacial score (nSPS) is 16.0. The highest BCUT2D eigenvalue weighted by atomic mass is 16.6. The van der Waals surface area contributed by atoms with Crippen LogP contribution in [0.5, 0.6) is 5.75 Å². The van der Waals surface area contributed by atoms with Gasteiger partial charge < -0.3 is 24.8 Å². The zero-order valence-corrected chi connectivity index (χ0v) is 14.1. The van der Waals surface area contributed by atoms with E-state index in [4.69, 9.17) is 9.57 Å². The Bertz CT molecular complexity index is 710. The molecule has 1 aromatic carbocycles. The molecule has 0 saturated heterocycles. The lowest BCUT2D eigenvalue weighted by molar-refractivity contribution is 0.0865. The van der Waals surface area contributed by atoms with Crippen LogP contribution in [0.15, 0.2) is 53.9 Å². The highest BCUT2D eigenvalue weighted by Gasteiger charge is 2.22. The Labute approximate surface area is 146 Å². The molecular formula is C18H22N4O3. The number of amides is 2. The zero-order valence-electron chi connectivity index (χ0n) is 14.1. The lowest BCUT2D eigenvalue weighted by Gasteiger charge is -2.11. The van der Waals surface area contributed by atoms with Crippen molar-refractivity contribution in [3.05, 3.63) is 54.4 Å². The van der Waals surface area contributed by atoms with Crippen molar-refractivity contribution in [3.63, 3.8) is 0 Å². The number of urea groups is 1. The summed E-state index contributed by atoms with van der Waals surface area (Å²) >= 11 is 0. The van der Waals surface area contributed by atoms with Crippen molar-refractivity contribution >= 4 is 11.7 Å². The summed E-state index contributed by atoms with van der Waals surface area (Å²) < 4.78 is 7.16. The minimum Gasteiger partial charge on any atom is -0.497 e. The maximum Gasteiger partial charge on any atom is 0.314 e. The van der Waals surface area contributed by atoms with Crippen LogP contribution < -0.4 is 15.4 Å². The van der Waals surface area contributed by atoms with E-state index in [1.807, 2.05) is 53.4 Å². The summed E-state index contributed by atoms with van der Waals surface area (Å²) in [5, 5.41) is 9.76. The Hall–Kier alpha value is -2.96. The summed E-state index contributed by atoms with van der Waals surface area (Å²) in [6, 6.07) is 11.4. The number of ether oxygens (including phenoxy) is 1. The van der Waals surface area contributed by atoms with Crippen LogP contribution in [0.25, 0.3) is 0 Å². The van der Waals surface area contributed by atoms with Crippen molar-refractivity contribution in [1.29, 1.82) is 0 Å². The molecule has 0 radical (unpaired) electrons. The molecule has 1 aliphatic heterocycles. The van der Waals surface area contributed by atoms with Gasteiger partial charge in [-0.25, -0.2) is 4.79 Å². The second kappa shape index (κ2) is 8.23. The second-order valence-corrected chi connectivity index (χ2v) is 5.76. The number of carbonyl (C=O) groups excluding carboxylic acids is 1. The molecule has 0 aliphatic carbocycles. The summed E-state index contributed by atoms with van der Waals surface area (Å²) in [6.45, 7) is 1.73. The summed E-state index contributed by atoms with van der Waals surface area (Å²) in [5.74, 6) is 0.804. The molecule has 1 aliphatic rings. The molecule has 2 heterocycles. The minimum atomic E-state index is -0.200. The number of nitrogens with one attached hydrogen (secondary N) is 2. The monoisotopic (exact) mass is 342 g/mol. The van der Waals surface area contributed by atoms with Crippen LogP contribution in [-0.4, -0.2) is 42.6 Å². The molecule has 1 atom stereocenters. The first-order valence-electron chi connectivity index (χ1n) is 8.24. The van der Waals surface area contributed by atoms with Gasteiger partial charge in [0.05, 0.1) is 19.4 Å². The van der Waals surface area contributed by atoms with Crippen LogP contribution in [0.4, 0.5) is 4.79 Å². The molecule has 25 heavy (non-hydrogen) atoms. The lowest BCUT2D eigenvalue weighted by Crippen LogP contribution is -2.40. The molecule has 0 unspecified atom stereocenters. The largest absolute Gasteiger partial charge is 0.497 e. The first-order chi connectivity index (χ1) is 12.2. The summed E-state index contributed by atoms with van der Waals surface area (Å²) in [6.07, 6.45) is 4.44. The number of hydrogen-bond acceptors (Lipinski definition) is 4. The van der Waals surface area contributed by atoms with Crippen molar-refractivity contribution in [2.45, 2.75) is 19.1 Å². The maximum absolute atomic E-state index is 11.8. The number of methoxy groups -OCH3 is 1. The standard InChI is InChI=1S/C18H22N4O3/c1-24-15-6-4-14(5-7-15)17-12-16(25-21-17)13-20-18(23)19-8-11-22-9-2-3-10-22/h2-7,9-10,16H,8,11-13H2,1H3,(H2,19,20,23)/t16-/m0/s1. The Morgan fingerprint density at radius 3 is 2.76 bits per heavy atom. The van der Waals surface area contributed by atoms with Crippen LogP contribution >= 0.6 is 0 Å². The van der Waals surface area contributed by atoms with E-state index < -0.39 is 0 Å². The molecule has 0 spiro atoms. The van der Waals surface area contributed by atoms with Gasteiger partial charge >= 0.3 is 6.03 Å². The summed E-state index contributed by atoms with van der Waals surface area (Å²) in [4.78, 5) is 17.2. The molecule has 2 amide bonds. The van der Waals surface area contributed by atoms with Crippen molar-refractivity contribution in [1.82, 2.24) is 15.2 Å². The Morgan fingerprint density at radius 1 is 1.28 bits per heavy atom. The smallest absolute Gasteiger partial charge is 0.314 e. The molecule has 3 rings (SSSR count). The van der Waals surface area contributed by atoms with Gasteiger partial charge in [-0.15, -0.1) is 0 Å². The van der Waals surface area contributed by atoms with E-state index in [1.165, 1.54) is 0 Å². The number of carbonyl (C=O) groups is 1. The molecule has 0 saturated carbocycles. The molecule has 2 aromatic rings. The van der Waals surface area contributed by atoms with Crippen molar-refractivity contribution in [2.24, 2.45) is 5.16 Å². The fraction of sp³-hybridized carbons (Fsp3) is 0.333. The van der Waals surface area contributed by atoms with E-state index in [0.29, 0.717) is 19.5 Å². The molecule has 7 heteroatoms. The van der Waals surface area contributed by atoms with Crippen LogP contribution in [0.2, 0.25) is 0 Å². The van der Waals surface area contributed by atoms with Gasteiger partial charge in [0.25, 0.3) is 0 Å². The van der Waals surface area contributed by atoms with Crippen LogP contribution in [0, 0.1) is 0 Å². The third-order valence-corrected chi connectivity index (χ3v) is 3.97. The van der Waals surface area contributed by atoms with Crippen molar-refractivity contribution in [3.8, 4) is 5.75 Å². The Morgan fingerprint density at radius 2 is 2.04 bits per heavy atom. The van der Waals surface area contributed by atoms with Gasteiger partial charge in [-0.05, 0) is 42.0 Å². The Kier molecular flexibility index (Phi) is 5.56.